The van der Waals surface area contributed by atoms with Gasteiger partial charge in [0.1, 0.15) is 0 Å². The monoisotopic (exact) mass is 969 g/mol. The van der Waals surface area contributed by atoms with Crippen LogP contribution in [-0.2, 0) is 38.0 Å². The maximum atomic E-state index is 11.4. The second-order valence-electron chi connectivity index (χ2n) is 15.3. The fourth-order valence-electron chi connectivity index (χ4n) is 6.60. The zero-order valence-corrected chi connectivity index (χ0v) is 40.1. The van der Waals surface area contributed by atoms with Gasteiger partial charge in [-0.05, 0) is 68.4 Å². The van der Waals surface area contributed by atoms with Crippen LogP contribution in [0.2, 0.25) is 0 Å². The molecule has 5 rings (SSSR count). The number of hydrogen-bond acceptors (Lipinski definition) is 14. The number of carbonyl (C=O) groups excluding carboxylic acids is 7. The number of methoxy groups -OCH3 is 7. The van der Waals surface area contributed by atoms with Gasteiger partial charge in [-0.2, -0.15) is 0 Å². The van der Waals surface area contributed by atoms with Crippen molar-refractivity contribution >= 4 is 76.1 Å². The average molecular weight is 969 g/mol. The highest BCUT2D eigenvalue weighted by Crippen LogP contribution is 2.41. The number of alkyl carbamates (subject to hydrolysis) is 2. The van der Waals surface area contributed by atoms with Crippen molar-refractivity contribution in [2.24, 2.45) is 5.41 Å². The summed E-state index contributed by atoms with van der Waals surface area (Å²) in [5, 5.41) is 17.5. The molecule has 2 unspecified atom stereocenters. The smallest absolute Gasteiger partial charge is 0.411 e. The Bertz CT molecular complexity index is 2140. The fourth-order valence-corrected chi connectivity index (χ4v) is 6.60. The zero-order valence-electron chi connectivity index (χ0n) is 40.1. The molecule has 0 spiro atoms. The lowest BCUT2D eigenvalue weighted by Gasteiger charge is -2.46. The summed E-state index contributed by atoms with van der Waals surface area (Å²) in [7, 11) is 9.18. The Labute approximate surface area is 405 Å². The van der Waals surface area contributed by atoms with E-state index in [0.717, 1.165) is 29.2 Å². The number of ether oxygens (including phenoxy) is 7. The van der Waals surface area contributed by atoms with E-state index in [4.69, 9.17) is 0 Å². The van der Waals surface area contributed by atoms with Crippen LogP contribution in [-0.4, -0.2) is 104 Å². The van der Waals surface area contributed by atoms with Crippen molar-refractivity contribution in [1.29, 1.82) is 0 Å². The summed E-state index contributed by atoms with van der Waals surface area (Å²) in [6.45, 7) is 9.40. The highest BCUT2D eigenvalue weighted by molar-refractivity contribution is 6.07. The van der Waals surface area contributed by atoms with Gasteiger partial charge in [-0.1, -0.05) is 95.4 Å². The van der Waals surface area contributed by atoms with Gasteiger partial charge < -0.3 is 43.8 Å². The van der Waals surface area contributed by atoms with Gasteiger partial charge in [0, 0.05) is 40.7 Å². The molecule has 69 heavy (non-hydrogen) atoms. The van der Waals surface area contributed by atoms with Gasteiger partial charge in [-0.3, -0.25) is 26.1 Å². The van der Waals surface area contributed by atoms with E-state index < -0.39 is 42.1 Å². The Morgan fingerprint density at radius 2 is 0.884 bits per heavy atom. The Morgan fingerprint density at radius 3 is 1.28 bits per heavy atom. The first-order chi connectivity index (χ1) is 31.7. The Morgan fingerprint density at radius 1 is 0.493 bits per heavy atom. The van der Waals surface area contributed by atoms with E-state index in [2.05, 4.69) is 78.9 Å². The van der Waals surface area contributed by atoms with Gasteiger partial charge >= 0.3 is 42.5 Å². The van der Waals surface area contributed by atoms with E-state index in [-0.39, 0.29) is 32.3 Å². The van der Waals surface area contributed by atoms with E-state index in [1.54, 1.807) is 42.5 Å². The molecule has 0 saturated heterocycles. The van der Waals surface area contributed by atoms with Crippen molar-refractivity contribution in [2.75, 3.05) is 71.0 Å². The number of nitrogens with one attached hydrogen (secondary N) is 6. The molecule has 0 aromatic heterocycles. The minimum Gasteiger partial charge on any atom is -0.469 e. The van der Waals surface area contributed by atoms with Crippen molar-refractivity contribution in [3.05, 3.63) is 96.6 Å². The molecule has 0 bridgehead atoms. The third-order valence-corrected chi connectivity index (χ3v) is 9.27. The number of anilines is 4. The van der Waals surface area contributed by atoms with Crippen LogP contribution >= 0.6 is 0 Å². The molecule has 1 aliphatic carbocycles. The summed E-state index contributed by atoms with van der Waals surface area (Å²) in [4.78, 5) is 77.1. The minimum atomic E-state index is -0.571. The second-order valence-corrected chi connectivity index (χ2v) is 15.3. The van der Waals surface area contributed by atoms with Gasteiger partial charge in [-0.25, -0.2) is 28.8 Å². The van der Waals surface area contributed by atoms with Gasteiger partial charge in [-0.15, -0.1) is 0 Å². The molecule has 20 nitrogen and oxygen atoms in total. The number of esters is 1. The normalized spacial score (nSPS) is 14.4. The van der Waals surface area contributed by atoms with Crippen molar-refractivity contribution < 1.29 is 66.7 Å². The van der Waals surface area contributed by atoms with Crippen LogP contribution in [0.5, 0.6) is 0 Å². The lowest BCUT2D eigenvalue weighted by atomic mass is 9.67. The highest BCUT2D eigenvalue weighted by Gasteiger charge is 2.43. The summed E-state index contributed by atoms with van der Waals surface area (Å²) in [5.74, 6) is -0.245. The van der Waals surface area contributed by atoms with Crippen LogP contribution < -0.4 is 31.9 Å². The Hall–Kier alpha value is -7.77. The predicted octanol–water partition coefficient (Wildman–Crippen LogP) is 10.7. The highest BCUT2D eigenvalue weighted by atomic mass is 16.6. The maximum Gasteiger partial charge on any atom is 0.411 e. The average Bonchev–Trinajstić information content (AvgIpc) is 3.30. The number of hydrogen-bond donors (Lipinski definition) is 6. The van der Waals surface area contributed by atoms with Crippen LogP contribution in [0.25, 0.3) is 10.8 Å². The van der Waals surface area contributed by atoms with Crippen LogP contribution in [0.3, 0.4) is 0 Å². The minimum absolute atomic E-state index is 0. The Kier molecular flexibility index (Phi) is 30.1. The van der Waals surface area contributed by atoms with E-state index in [9.17, 15) is 33.6 Å². The molecule has 382 valence electrons. The van der Waals surface area contributed by atoms with Crippen molar-refractivity contribution in [3.8, 4) is 0 Å². The standard InChI is InChI=1S/C14H14N2O4.C13H24N2O4.C11H14N2O4.C6H6.C3H6O2.2CH4/c1-19-13(17)15-11-7-3-6-10-9(11)5-4-8-12(10)16-14(18)20-2;1-12(2)6-9(14-10(16)18-4)7-13(3,8-12)15-11(17)19-5;1-7-4-5-8(12-10(14)16-2)6-9(7)13-11(15)17-3;1-2-4-6-5-3-1;1-3(4)5-2;;/h3-8H,1-2H3,(H,15,17)(H,16,18);9H,6-8H2,1-5H3,(H,14,16)(H,15,17);4-6H,1-3H3,(H,12,14)(H,13,15);1-6H;1-2H3;2*1H4. The van der Waals surface area contributed by atoms with Crippen molar-refractivity contribution in [3.63, 3.8) is 0 Å². The first kappa shape index (κ1) is 63.3. The first-order valence-electron chi connectivity index (χ1n) is 20.5. The first-order valence-corrected chi connectivity index (χ1v) is 20.5. The molecule has 4 aromatic carbocycles. The van der Waals surface area contributed by atoms with E-state index >= 15 is 0 Å². The molecule has 0 heterocycles. The largest absolute Gasteiger partial charge is 0.469 e. The van der Waals surface area contributed by atoms with Gasteiger partial charge in [0.25, 0.3) is 0 Å². The molecule has 0 aliphatic heterocycles. The van der Waals surface area contributed by atoms with E-state index in [0.29, 0.717) is 29.2 Å². The lowest BCUT2D eigenvalue weighted by Crippen LogP contribution is -2.57. The summed E-state index contributed by atoms with van der Waals surface area (Å²) < 4.78 is 31.5. The molecule has 1 saturated carbocycles. The third-order valence-electron chi connectivity index (χ3n) is 9.27. The maximum absolute atomic E-state index is 11.4. The summed E-state index contributed by atoms with van der Waals surface area (Å²) in [5.41, 5.74) is 2.75. The second kappa shape index (κ2) is 32.8. The number of fused-ring (bicyclic) bond motifs is 1. The molecular formula is C49H72N6O14. The number of rotatable bonds is 6. The quantitative estimate of drug-likeness (QED) is 0.0776. The summed E-state index contributed by atoms with van der Waals surface area (Å²) in [6.07, 6.45) is -0.802. The van der Waals surface area contributed by atoms with E-state index in [1.807, 2.05) is 62.4 Å². The fraction of sp³-hybridized carbons (Fsp3) is 0.408. The lowest BCUT2D eigenvalue weighted by molar-refractivity contribution is -0.137. The van der Waals surface area contributed by atoms with Crippen LogP contribution in [0.1, 0.15) is 67.4 Å². The molecule has 20 heteroatoms. The van der Waals surface area contributed by atoms with Crippen molar-refractivity contribution in [1.82, 2.24) is 10.6 Å². The van der Waals surface area contributed by atoms with Crippen LogP contribution in [0.4, 0.5) is 51.5 Å². The van der Waals surface area contributed by atoms with E-state index in [1.165, 1.54) is 56.7 Å². The summed E-state index contributed by atoms with van der Waals surface area (Å²) >= 11 is 0. The van der Waals surface area contributed by atoms with Crippen LogP contribution in [0.15, 0.2) is 91.0 Å². The van der Waals surface area contributed by atoms with Crippen LogP contribution in [0, 0.1) is 12.3 Å². The topological polar surface area (TPSA) is 256 Å². The zero-order chi connectivity index (χ0) is 50.6. The molecule has 0 radical (unpaired) electrons. The number of amides is 6. The Balaban J connectivity index is 0. The molecule has 2 atom stereocenters. The SMILES string of the molecule is C.C.COC(=O)NC1CC(C)(C)CC(C)(NC(=O)OC)C1.COC(=O)Nc1ccc(C)c(NC(=O)OC)c1.COC(=O)Nc1cccc2c(NC(=O)OC)cccc12.COC(C)=O.c1ccccc1. The number of benzene rings is 4. The van der Waals surface area contributed by atoms with Gasteiger partial charge in [0.15, 0.2) is 0 Å². The summed E-state index contributed by atoms with van der Waals surface area (Å²) in [6, 6.07) is 27.8. The molecule has 1 aliphatic rings. The molecular weight excluding hydrogens is 897 g/mol. The third kappa shape index (κ3) is 25.1. The van der Waals surface area contributed by atoms with Crippen molar-refractivity contribution in [2.45, 2.75) is 80.3 Å². The molecule has 6 N–H and O–H groups in total. The number of carbonyl (C=O) groups is 7. The molecule has 1 fully saturated rings. The van der Waals surface area contributed by atoms with Gasteiger partial charge in [0.05, 0.1) is 61.1 Å². The predicted molar refractivity (Wildman–Crippen MR) is 268 cm³/mol. The van der Waals surface area contributed by atoms with Gasteiger partial charge in [0.2, 0.25) is 0 Å². The molecule has 4 aromatic rings. The molecule has 6 amide bonds. The number of aryl methyl sites for hydroxylation is 1.